The SMILES string of the molecule is CC1=C2CCN(C)C3=C(c4ccccc4)C23CCC1=O. The summed E-state index contributed by atoms with van der Waals surface area (Å²) in [5, 5.41) is 0. The van der Waals surface area contributed by atoms with E-state index in [2.05, 4.69) is 42.3 Å². The van der Waals surface area contributed by atoms with E-state index in [9.17, 15) is 4.79 Å². The number of rotatable bonds is 1. The second kappa shape index (κ2) is 3.85. The second-order valence-electron chi connectivity index (χ2n) is 6.19. The first-order valence-electron chi connectivity index (χ1n) is 7.41. The van der Waals surface area contributed by atoms with E-state index in [-0.39, 0.29) is 5.41 Å². The average Bonchev–Trinajstić information content (AvgIpc) is 3.15. The van der Waals surface area contributed by atoms with Crippen molar-refractivity contribution < 1.29 is 4.79 Å². The van der Waals surface area contributed by atoms with Gasteiger partial charge in [0.15, 0.2) is 5.78 Å². The largest absolute Gasteiger partial charge is 0.376 e. The van der Waals surface area contributed by atoms with Crippen molar-refractivity contribution in [2.75, 3.05) is 13.6 Å². The van der Waals surface area contributed by atoms with Gasteiger partial charge in [-0.15, -0.1) is 0 Å². The third-order valence-electron chi connectivity index (χ3n) is 5.26. The van der Waals surface area contributed by atoms with Crippen molar-refractivity contribution in [3.63, 3.8) is 0 Å². The first-order valence-corrected chi connectivity index (χ1v) is 7.41. The first kappa shape index (κ1) is 12.0. The van der Waals surface area contributed by atoms with E-state index in [1.54, 1.807) is 0 Å². The fraction of sp³-hybridized carbons (Fsp3) is 0.389. The molecule has 1 saturated heterocycles. The molecule has 102 valence electrons. The van der Waals surface area contributed by atoms with E-state index in [0.717, 1.165) is 25.0 Å². The number of ketones is 1. The number of carbonyl (C=O) groups is 1. The van der Waals surface area contributed by atoms with Gasteiger partial charge in [-0.25, -0.2) is 0 Å². The summed E-state index contributed by atoms with van der Waals surface area (Å²) < 4.78 is 0. The van der Waals surface area contributed by atoms with Crippen LogP contribution in [-0.4, -0.2) is 24.3 Å². The molecule has 0 N–H and O–H groups in total. The molecule has 3 aliphatic rings. The number of allylic oxidation sites excluding steroid dienone is 3. The fourth-order valence-electron chi connectivity index (χ4n) is 4.27. The van der Waals surface area contributed by atoms with Crippen LogP contribution in [0.3, 0.4) is 0 Å². The minimum Gasteiger partial charge on any atom is -0.376 e. The maximum absolute atomic E-state index is 12.0. The lowest BCUT2D eigenvalue weighted by atomic mass is 9.72. The third kappa shape index (κ3) is 1.32. The molecule has 0 saturated carbocycles. The number of carbonyl (C=O) groups excluding carboxylic acids is 1. The zero-order chi connectivity index (χ0) is 13.9. The minimum absolute atomic E-state index is 0.104. The Morgan fingerprint density at radius 3 is 2.65 bits per heavy atom. The summed E-state index contributed by atoms with van der Waals surface area (Å²) in [7, 11) is 2.19. The van der Waals surface area contributed by atoms with Crippen molar-refractivity contribution in [2.24, 2.45) is 5.41 Å². The van der Waals surface area contributed by atoms with Crippen LogP contribution in [-0.2, 0) is 4.79 Å². The van der Waals surface area contributed by atoms with Crippen LogP contribution < -0.4 is 0 Å². The molecule has 2 aliphatic carbocycles. The molecule has 1 aromatic carbocycles. The van der Waals surface area contributed by atoms with E-state index in [1.807, 2.05) is 6.92 Å². The number of hydrogen-bond acceptors (Lipinski definition) is 2. The van der Waals surface area contributed by atoms with Gasteiger partial charge >= 0.3 is 0 Å². The lowest BCUT2D eigenvalue weighted by Gasteiger charge is -2.37. The van der Waals surface area contributed by atoms with Gasteiger partial charge in [0.2, 0.25) is 0 Å². The summed E-state index contributed by atoms with van der Waals surface area (Å²) in [5.74, 6) is 0.355. The van der Waals surface area contributed by atoms with Crippen molar-refractivity contribution in [3.05, 3.63) is 52.7 Å². The molecule has 1 fully saturated rings. The minimum atomic E-state index is 0.104. The molecule has 20 heavy (non-hydrogen) atoms. The van der Waals surface area contributed by atoms with Gasteiger partial charge in [-0.2, -0.15) is 0 Å². The highest BCUT2D eigenvalue weighted by Crippen LogP contribution is 2.70. The van der Waals surface area contributed by atoms with Gasteiger partial charge in [0.25, 0.3) is 0 Å². The Balaban J connectivity index is 1.88. The number of hydrogen-bond donors (Lipinski definition) is 0. The molecule has 1 atom stereocenters. The standard InChI is InChI=1S/C18H19NO/c1-12-14-9-11-19(2)17-16(13-6-4-3-5-7-13)18(14,17)10-8-15(12)20/h3-7H,8-11H2,1-2H3. The lowest BCUT2D eigenvalue weighted by Crippen LogP contribution is -2.33. The Kier molecular flexibility index (Phi) is 2.30. The van der Waals surface area contributed by atoms with E-state index in [4.69, 9.17) is 0 Å². The summed E-state index contributed by atoms with van der Waals surface area (Å²) in [6, 6.07) is 10.7. The molecule has 0 bridgehead atoms. The molecule has 0 amide bonds. The normalized spacial score (nSPS) is 28.5. The number of likely N-dealkylation sites (tertiary alicyclic amines) is 1. The highest BCUT2D eigenvalue weighted by atomic mass is 16.1. The number of benzene rings is 1. The van der Waals surface area contributed by atoms with Crippen LogP contribution in [0.4, 0.5) is 0 Å². The zero-order valence-corrected chi connectivity index (χ0v) is 12.1. The molecule has 1 aromatic rings. The van der Waals surface area contributed by atoms with E-state index < -0.39 is 0 Å². The molecule has 1 aliphatic heterocycles. The van der Waals surface area contributed by atoms with E-state index in [0.29, 0.717) is 12.2 Å². The molecule has 2 nitrogen and oxygen atoms in total. The molecule has 0 radical (unpaired) electrons. The Morgan fingerprint density at radius 1 is 1.15 bits per heavy atom. The molecule has 1 heterocycles. The van der Waals surface area contributed by atoms with Gasteiger partial charge in [-0.05, 0) is 42.0 Å². The Morgan fingerprint density at radius 2 is 1.90 bits per heavy atom. The molecule has 0 aromatic heterocycles. The monoisotopic (exact) mass is 265 g/mol. The van der Waals surface area contributed by atoms with Crippen molar-refractivity contribution in [1.82, 2.24) is 4.90 Å². The predicted molar refractivity (Wildman–Crippen MR) is 80.0 cm³/mol. The van der Waals surface area contributed by atoms with Crippen LogP contribution in [0.15, 0.2) is 47.2 Å². The highest BCUT2D eigenvalue weighted by Gasteiger charge is 2.61. The van der Waals surface area contributed by atoms with Gasteiger partial charge in [0, 0.05) is 25.7 Å². The number of nitrogens with zero attached hydrogens (tertiary/aromatic N) is 1. The molecule has 2 heteroatoms. The topological polar surface area (TPSA) is 20.3 Å². The van der Waals surface area contributed by atoms with Gasteiger partial charge in [0.1, 0.15) is 0 Å². The Labute approximate surface area is 119 Å². The van der Waals surface area contributed by atoms with Crippen molar-refractivity contribution >= 4 is 11.4 Å². The summed E-state index contributed by atoms with van der Waals surface area (Å²) in [6.07, 6.45) is 2.71. The predicted octanol–water partition coefficient (Wildman–Crippen LogP) is 3.41. The summed E-state index contributed by atoms with van der Waals surface area (Å²) in [5.41, 5.74) is 6.81. The van der Waals surface area contributed by atoms with Crippen LogP contribution in [0.2, 0.25) is 0 Å². The van der Waals surface area contributed by atoms with Crippen molar-refractivity contribution in [2.45, 2.75) is 26.2 Å². The smallest absolute Gasteiger partial charge is 0.158 e. The van der Waals surface area contributed by atoms with Gasteiger partial charge in [0.05, 0.1) is 5.41 Å². The van der Waals surface area contributed by atoms with Crippen LogP contribution in [0.25, 0.3) is 5.57 Å². The molecule has 1 unspecified atom stereocenters. The lowest BCUT2D eigenvalue weighted by molar-refractivity contribution is -0.116. The zero-order valence-electron chi connectivity index (χ0n) is 12.1. The fourth-order valence-corrected chi connectivity index (χ4v) is 4.27. The molecule has 4 rings (SSSR count). The maximum atomic E-state index is 12.0. The summed E-state index contributed by atoms with van der Waals surface area (Å²) in [4.78, 5) is 14.4. The van der Waals surface area contributed by atoms with Crippen LogP contribution in [0.1, 0.15) is 31.7 Å². The number of Topliss-reactive ketones (excluding diaryl/α,β-unsaturated/α-hetero) is 1. The van der Waals surface area contributed by atoms with Crippen LogP contribution >= 0.6 is 0 Å². The van der Waals surface area contributed by atoms with Gasteiger partial charge in [-0.3, -0.25) is 4.79 Å². The van der Waals surface area contributed by atoms with Crippen molar-refractivity contribution in [1.29, 1.82) is 0 Å². The van der Waals surface area contributed by atoms with Gasteiger partial charge < -0.3 is 4.90 Å². The average molecular weight is 265 g/mol. The highest BCUT2D eigenvalue weighted by molar-refractivity contribution is 6.03. The molecule has 1 spiro atoms. The van der Waals surface area contributed by atoms with Crippen LogP contribution in [0.5, 0.6) is 0 Å². The third-order valence-corrected chi connectivity index (χ3v) is 5.26. The Hall–Kier alpha value is -1.83. The van der Waals surface area contributed by atoms with E-state index >= 15 is 0 Å². The molecular weight excluding hydrogens is 246 g/mol. The van der Waals surface area contributed by atoms with Crippen LogP contribution in [0, 0.1) is 5.41 Å². The van der Waals surface area contributed by atoms with Gasteiger partial charge in [-0.1, -0.05) is 30.3 Å². The summed E-state index contributed by atoms with van der Waals surface area (Å²) in [6.45, 7) is 3.07. The quantitative estimate of drug-likeness (QED) is 0.775. The number of piperidine rings is 1. The second-order valence-corrected chi connectivity index (χ2v) is 6.19. The molecular formula is C18H19NO. The van der Waals surface area contributed by atoms with Crippen molar-refractivity contribution in [3.8, 4) is 0 Å². The van der Waals surface area contributed by atoms with E-state index in [1.165, 1.54) is 22.4 Å². The Bertz CT molecular complexity index is 668. The summed E-state index contributed by atoms with van der Waals surface area (Å²) >= 11 is 0. The maximum Gasteiger partial charge on any atom is 0.158 e. The first-order chi connectivity index (χ1) is 9.66.